The molecule has 3 aromatic carbocycles. The zero-order chi connectivity index (χ0) is 30.1. The Bertz CT molecular complexity index is 1790. The van der Waals surface area contributed by atoms with Crippen molar-refractivity contribution in [3.8, 4) is 22.5 Å². The Balaban J connectivity index is 1.27. The summed E-state index contributed by atoms with van der Waals surface area (Å²) < 4.78 is 30.1. The number of carbonyl (C=O) groups excluding carboxylic acids is 3. The number of amides is 3. The van der Waals surface area contributed by atoms with Crippen molar-refractivity contribution in [3.63, 3.8) is 0 Å². The third kappa shape index (κ3) is 5.43. The number of halogens is 2. The van der Waals surface area contributed by atoms with E-state index in [0.717, 1.165) is 4.90 Å². The molecule has 0 unspecified atom stereocenters. The standard InChI is InChI=1S/C31H24F2N6O4/c32-19-11-9-18(10-12-19)24-15-25(37-36-24)28-22(7-3-8-23(28)33)29(41)35-26(16-38-14-4-13-34-38)27(40)17-39-30(42)20-5-1-2-6-21(20)31(39)43/h1-15,26-27,40H,16-17H2,(H,35,41)(H,36,37)/t26-,27-/m1/s1. The van der Waals surface area contributed by atoms with Crippen molar-refractivity contribution in [1.82, 2.24) is 30.2 Å². The number of aromatic amines is 1. The molecule has 5 aromatic rings. The van der Waals surface area contributed by atoms with Crippen LogP contribution in [0.5, 0.6) is 0 Å². The van der Waals surface area contributed by atoms with Gasteiger partial charge in [-0.2, -0.15) is 10.2 Å². The lowest BCUT2D eigenvalue weighted by atomic mass is 10.0. The largest absolute Gasteiger partial charge is 0.389 e. The van der Waals surface area contributed by atoms with Crippen molar-refractivity contribution >= 4 is 17.7 Å². The first-order valence-electron chi connectivity index (χ1n) is 13.3. The lowest BCUT2D eigenvalue weighted by Crippen LogP contribution is -2.51. The summed E-state index contributed by atoms with van der Waals surface area (Å²) in [7, 11) is 0. The highest BCUT2D eigenvalue weighted by Gasteiger charge is 2.38. The predicted molar refractivity (Wildman–Crippen MR) is 151 cm³/mol. The first-order chi connectivity index (χ1) is 20.8. The van der Waals surface area contributed by atoms with Crippen LogP contribution >= 0.6 is 0 Å². The second-order valence-corrected chi connectivity index (χ2v) is 9.98. The Labute approximate surface area is 243 Å². The monoisotopic (exact) mass is 582 g/mol. The molecule has 0 aliphatic carbocycles. The lowest BCUT2D eigenvalue weighted by Gasteiger charge is -2.27. The third-order valence-electron chi connectivity index (χ3n) is 7.22. The smallest absolute Gasteiger partial charge is 0.261 e. The first-order valence-corrected chi connectivity index (χ1v) is 13.3. The molecule has 0 spiro atoms. The number of carbonyl (C=O) groups is 3. The number of nitrogens with one attached hydrogen (secondary N) is 2. The minimum atomic E-state index is -1.40. The highest BCUT2D eigenvalue weighted by Crippen LogP contribution is 2.29. The number of nitrogens with zero attached hydrogens (tertiary/aromatic N) is 4. The molecule has 3 N–H and O–H groups in total. The van der Waals surface area contributed by atoms with Gasteiger partial charge in [-0.3, -0.25) is 29.1 Å². The summed E-state index contributed by atoms with van der Waals surface area (Å²) in [6, 6.07) is 18.1. The normalized spacial score (nSPS) is 14.1. The maximum atomic E-state index is 15.2. The van der Waals surface area contributed by atoms with E-state index in [2.05, 4.69) is 20.6 Å². The molecule has 1 aliphatic heterocycles. The fourth-order valence-electron chi connectivity index (χ4n) is 5.04. The molecule has 2 aromatic heterocycles. The van der Waals surface area contributed by atoms with Crippen molar-refractivity contribution in [2.24, 2.45) is 0 Å². The zero-order valence-corrected chi connectivity index (χ0v) is 22.4. The summed E-state index contributed by atoms with van der Waals surface area (Å²) in [5.41, 5.74) is 1.55. The van der Waals surface area contributed by atoms with Gasteiger partial charge in [0.15, 0.2) is 0 Å². The quantitative estimate of drug-likeness (QED) is 0.227. The van der Waals surface area contributed by atoms with Crippen molar-refractivity contribution in [2.45, 2.75) is 18.7 Å². The number of hydrogen-bond donors (Lipinski definition) is 3. The number of aromatic nitrogens is 4. The van der Waals surface area contributed by atoms with Gasteiger partial charge in [0.2, 0.25) is 0 Å². The summed E-state index contributed by atoms with van der Waals surface area (Å²) in [5.74, 6) is -2.94. The maximum Gasteiger partial charge on any atom is 0.261 e. The van der Waals surface area contributed by atoms with Crippen molar-refractivity contribution in [1.29, 1.82) is 0 Å². The van der Waals surface area contributed by atoms with Crippen LogP contribution < -0.4 is 5.32 Å². The van der Waals surface area contributed by atoms with Crippen LogP contribution in [0, 0.1) is 11.6 Å². The number of β-amino-alcohol motifs (C(OH)–C–C–N with tert-alkyl or cyclic N) is 1. The van der Waals surface area contributed by atoms with Crippen molar-refractivity contribution in [2.75, 3.05) is 6.54 Å². The van der Waals surface area contributed by atoms with Gasteiger partial charge in [0.05, 0.1) is 58.9 Å². The Morgan fingerprint density at radius 1 is 0.930 bits per heavy atom. The highest BCUT2D eigenvalue weighted by atomic mass is 19.1. The number of imide groups is 1. The fraction of sp³-hybridized carbons (Fsp3) is 0.129. The van der Waals surface area contributed by atoms with E-state index in [4.69, 9.17) is 0 Å². The topological polar surface area (TPSA) is 133 Å². The van der Waals surface area contributed by atoms with Crippen LogP contribution in [0.2, 0.25) is 0 Å². The molecular weight excluding hydrogens is 558 g/mol. The summed E-state index contributed by atoms with van der Waals surface area (Å²) >= 11 is 0. The minimum absolute atomic E-state index is 0.00908. The van der Waals surface area contributed by atoms with E-state index in [1.165, 1.54) is 65.5 Å². The second-order valence-electron chi connectivity index (χ2n) is 9.98. The predicted octanol–water partition coefficient (Wildman–Crippen LogP) is 3.67. The second kappa shape index (κ2) is 11.4. The molecule has 216 valence electrons. The SMILES string of the molecule is O=C(N[C@H](Cn1cccn1)[C@H](O)CN1C(=O)c2ccccc2C1=O)c1cccc(F)c1-c1cc(-c2ccc(F)cc2)[nH]n1. The molecule has 0 saturated carbocycles. The van der Waals surface area contributed by atoms with E-state index in [1.54, 1.807) is 30.5 Å². The number of benzene rings is 3. The van der Waals surface area contributed by atoms with E-state index in [0.29, 0.717) is 11.3 Å². The maximum absolute atomic E-state index is 15.2. The van der Waals surface area contributed by atoms with Gasteiger partial charge in [-0.1, -0.05) is 18.2 Å². The van der Waals surface area contributed by atoms with E-state index in [9.17, 15) is 23.9 Å². The average Bonchev–Trinajstić information content (AvgIpc) is 3.76. The Morgan fingerprint density at radius 3 is 2.33 bits per heavy atom. The number of fused-ring (bicyclic) bond motifs is 1. The molecule has 12 heteroatoms. The van der Waals surface area contributed by atoms with E-state index >= 15 is 4.39 Å². The first kappa shape index (κ1) is 27.7. The molecule has 0 saturated heterocycles. The Hall–Kier alpha value is -5.49. The van der Waals surface area contributed by atoms with Crippen molar-refractivity contribution < 1.29 is 28.3 Å². The zero-order valence-electron chi connectivity index (χ0n) is 22.4. The van der Waals surface area contributed by atoms with Crippen LogP contribution in [0.15, 0.2) is 91.3 Å². The van der Waals surface area contributed by atoms with Gasteiger partial charge in [0, 0.05) is 12.4 Å². The summed E-state index contributed by atoms with van der Waals surface area (Å²) in [6.45, 7) is -0.403. The molecule has 43 heavy (non-hydrogen) atoms. The number of aliphatic hydroxyl groups excluding tert-OH is 1. The average molecular weight is 583 g/mol. The molecule has 0 fully saturated rings. The van der Waals surface area contributed by atoms with Crippen LogP contribution in [0.1, 0.15) is 31.1 Å². The van der Waals surface area contributed by atoms with Gasteiger partial charge in [0.1, 0.15) is 11.6 Å². The van der Waals surface area contributed by atoms with E-state index in [1.807, 2.05) is 0 Å². The van der Waals surface area contributed by atoms with Crippen LogP contribution in [0.4, 0.5) is 8.78 Å². The lowest BCUT2D eigenvalue weighted by molar-refractivity contribution is 0.0455. The molecule has 3 heterocycles. The van der Waals surface area contributed by atoms with E-state index < -0.39 is 48.0 Å². The van der Waals surface area contributed by atoms with Gasteiger partial charge >= 0.3 is 0 Å². The number of hydrogen-bond acceptors (Lipinski definition) is 6. The van der Waals surface area contributed by atoms with Crippen LogP contribution in [-0.4, -0.2) is 66.4 Å². The minimum Gasteiger partial charge on any atom is -0.389 e. The van der Waals surface area contributed by atoms with E-state index in [-0.39, 0.29) is 34.5 Å². The van der Waals surface area contributed by atoms with Crippen LogP contribution in [-0.2, 0) is 6.54 Å². The molecule has 10 nitrogen and oxygen atoms in total. The molecule has 6 rings (SSSR count). The van der Waals surface area contributed by atoms with Gasteiger partial charge in [-0.05, 0) is 66.2 Å². The fourth-order valence-corrected chi connectivity index (χ4v) is 5.04. The van der Waals surface area contributed by atoms with Crippen molar-refractivity contribution in [3.05, 3.63) is 120 Å². The summed E-state index contributed by atoms with van der Waals surface area (Å²) in [5, 5.41) is 25.1. The van der Waals surface area contributed by atoms with Gasteiger partial charge < -0.3 is 10.4 Å². The highest BCUT2D eigenvalue weighted by molar-refractivity contribution is 6.21. The van der Waals surface area contributed by atoms with Gasteiger partial charge in [-0.15, -0.1) is 0 Å². The van der Waals surface area contributed by atoms with Gasteiger partial charge in [-0.25, -0.2) is 8.78 Å². The number of rotatable bonds is 9. The molecule has 2 atom stereocenters. The number of H-pyrrole nitrogens is 1. The number of aliphatic hydroxyl groups is 1. The molecular formula is C31H24F2N6O4. The summed E-state index contributed by atoms with van der Waals surface area (Å²) in [6.07, 6.45) is 1.75. The van der Waals surface area contributed by atoms with Gasteiger partial charge in [0.25, 0.3) is 17.7 Å². The molecule has 1 aliphatic rings. The molecule has 0 radical (unpaired) electrons. The Morgan fingerprint density at radius 2 is 1.65 bits per heavy atom. The van der Waals surface area contributed by atoms with Crippen LogP contribution in [0.3, 0.4) is 0 Å². The third-order valence-corrected chi connectivity index (χ3v) is 7.22. The molecule has 3 amide bonds. The van der Waals surface area contributed by atoms with Crippen LogP contribution in [0.25, 0.3) is 22.5 Å². The Kier molecular flexibility index (Phi) is 7.34. The molecule has 0 bridgehead atoms. The summed E-state index contributed by atoms with van der Waals surface area (Å²) in [4.78, 5) is 40.4.